The van der Waals surface area contributed by atoms with Gasteiger partial charge in [-0.25, -0.2) is 0 Å². The first kappa shape index (κ1) is 10.7. The third-order valence-corrected chi connectivity index (χ3v) is 3.05. The average molecular weight is 263 g/mol. The van der Waals surface area contributed by atoms with Gasteiger partial charge in [-0.15, -0.1) is 11.3 Å². The lowest BCUT2D eigenvalue weighted by atomic mass is 10.3. The van der Waals surface area contributed by atoms with Crippen LogP contribution < -0.4 is 11.1 Å². The van der Waals surface area contributed by atoms with Gasteiger partial charge < -0.3 is 11.1 Å². The molecule has 1 aromatic heterocycles. The highest BCUT2D eigenvalue weighted by atomic mass is 79.9. The summed E-state index contributed by atoms with van der Waals surface area (Å²) in [4.78, 5) is 12.3. The minimum atomic E-state index is 0.0276. The van der Waals surface area contributed by atoms with Gasteiger partial charge in [-0.3, -0.25) is 4.79 Å². The second kappa shape index (κ2) is 5.36. The molecule has 1 rings (SSSR count). The Morgan fingerprint density at radius 2 is 2.38 bits per heavy atom. The van der Waals surface area contributed by atoms with Crippen LogP contribution in [0.2, 0.25) is 0 Å². The average Bonchev–Trinajstić information content (AvgIpc) is 2.48. The summed E-state index contributed by atoms with van der Waals surface area (Å²) < 4.78 is 1.05. The summed E-state index contributed by atoms with van der Waals surface area (Å²) in [6, 6.07) is 3.88. The lowest BCUT2D eigenvalue weighted by Crippen LogP contribution is -2.29. The van der Waals surface area contributed by atoms with Gasteiger partial charge in [-0.1, -0.05) is 0 Å². The van der Waals surface area contributed by atoms with Crippen molar-refractivity contribution in [3.05, 3.63) is 20.8 Å². The number of carbonyl (C=O) groups is 1. The molecule has 0 spiro atoms. The summed E-state index contributed by atoms with van der Waals surface area (Å²) >= 11 is 4.92. The van der Waals surface area contributed by atoms with E-state index in [-0.39, 0.29) is 5.91 Å². The van der Waals surface area contributed by atoms with E-state index in [9.17, 15) is 4.79 Å². The molecule has 0 radical (unpaired) electrons. The van der Waals surface area contributed by atoms with Crippen molar-refractivity contribution < 1.29 is 4.79 Å². The predicted molar refractivity (Wildman–Crippen MR) is 57.8 cm³/mol. The Balaban J connectivity index is 2.36. The second-order valence-electron chi connectivity index (χ2n) is 2.52. The molecule has 0 saturated carbocycles. The molecule has 13 heavy (non-hydrogen) atoms. The first-order valence-corrected chi connectivity index (χ1v) is 5.54. The van der Waals surface area contributed by atoms with Gasteiger partial charge in [-0.05, 0) is 28.1 Å². The van der Waals surface area contributed by atoms with Crippen molar-refractivity contribution in [3.8, 4) is 0 Å². The quantitative estimate of drug-likeness (QED) is 0.855. The van der Waals surface area contributed by atoms with Crippen molar-refractivity contribution in [1.82, 2.24) is 5.32 Å². The van der Waals surface area contributed by atoms with Crippen LogP contribution in [0.5, 0.6) is 0 Å². The van der Waals surface area contributed by atoms with E-state index in [1.807, 2.05) is 12.1 Å². The summed E-state index contributed by atoms with van der Waals surface area (Å²) in [5, 5.41) is 2.72. The Morgan fingerprint density at radius 1 is 1.62 bits per heavy atom. The van der Waals surface area contributed by atoms with Gasteiger partial charge in [0.05, 0.1) is 10.2 Å². The minimum absolute atomic E-state index is 0.0276. The Morgan fingerprint density at radius 3 is 2.92 bits per heavy atom. The van der Waals surface area contributed by atoms with Crippen molar-refractivity contribution in [2.75, 3.05) is 13.1 Å². The zero-order valence-corrected chi connectivity index (χ0v) is 9.45. The van der Waals surface area contributed by atoms with E-state index < -0.39 is 0 Å². The molecule has 0 aliphatic heterocycles. The fourth-order valence-electron chi connectivity index (χ4n) is 0.879. The Kier molecular flexibility index (Phi) is 4.41. The highest BCUT2D eigenvalue weighted by Crippen LogP contribution is 2.22. The summed E-state index contributed by atoms with van der Waals surface area (Å²) in [6.07, 6.45) is 0.441. The van der Waals surface area contributed by atoms with Crippen molar-refractivity contribution in [2.24, 2.45) is 5.73 Å². The fraction of sp³-hybridized carbons (Fsp3) is 0.375. The molecule has 0 unspecified atom stereocenters. The van der Waals surface area contributed by atoms with Gasteiger partial charge in [0.1, 0.15) is 0 Å². The molecule has 1 aromatic rings. The zero-order valence-electron chi connectivity index (χ0n) is 7.05. The maximum Gasteiger partial charge on any atom is 0.225 e. The van der Waals surface area contributed by atoms with Crippen LogP contribution in [-0.2, 0) is 11.2 Å². The second-order valence-corrected chi connectivity index (χ2v) is 5.07. The number of halogens is 1. The largest absolute Gasteiger partial charge is 0.355 e. The summed E-state index contributed by atoms with van der Waals surface area (Å²) in [5.41, 5.74) is 5.25. The van der Waals surface area contributed by atoms with E-state index in [2.05, 4.69) is 21.2 Å². The molecule has 0 saturated heterocycles. The number of carbonyl (C=O) groups excluding carboxylic acids is 1. The minimum Gasteiger partial charge on any atom is -0.355 e. The smallest absolute Gasteiger partial charge is 0.225 e. The lowest BCUT2D eigenvalue weighted by Gasteiger charge is -2.00. The van der Waals surface area contributed by atoms with E-state index in [0.717, 1.165) is 8.66 Å². The third kappa shape index (κ3) is 3.89. The molecule has 0 bridgehead atoms. The number of nitrogens with two attached hydrogens (primary N) is 1. The lowest BCUT2D eigenvalue weighted by molar-refractivity contribution is -0.120. The summed E-state index contributed by atoms with van der Waals surface area (Å²) in [5.74, 6) is 0.0276. The highest BCUT2D eigenvalue weighted by molar-refractivity contribution is 9.11. The first-order chi connectivity index (χ1) is 6.22. The van der Waals surface area contributed by atoms with Crippen LogP contribution in [0, 0.1) is 0 Å². The molecule has 5 heteroatoms. The van der Waals surface area contributed by atoms with Gasteiger partial charge in [0, 0.05) is 18.0 Å². The predicted octanol–water partition coefficient (Wildman–Crippen LogP) is 1.13. The van der Waals surface area contributed by atoms with Crippen molar-refractivity contribution >= 4 is 33.2 Å². The van der Waals surface area contributed by atoms with Crippen LogP contribution >= 0.6 is 27.3 Å². The number of thiophene rings is 1. The maximum atomic E-state index is 11.2. The van der Waals surface area contributed by atoms with Gasteiger partial charge in [0.25, 0.3) is 0 Å². The molecule has 3 N–H and O–H groups in total. The van der Waals surface area contributed by atoms with Crippen LogP contribution in [0.4, 0.5) is 0 Å². The Labute approximate surface area is 89.5 Å². The third-order valence-electron chi connectivity index (χ3n) is 1.43. The SMILES string of the molecule is NCCNC(=O)Cc1ccc(Br)s1. The highest BCUT2D eigenvalue weighted by Gasteiger charge is 2.04. The maximum absolute atomic E-state index is 11.2. The number of hydrogen-bond acceptors (Lipinski definition) is 3. The Bertz CT molecular complexity index is 287. The van der Waals surface area contributed by atoms with Gasteiger partial charge in [-0.2, -0.15) is 0 Å². The van der Waals surface area contributed by atoms with Crippen molar-refractivity contribution in [3.63, 3.8) is 0 Å². The number of amides is 1. The van der Waals surface area contributed by atoms with E-state index >= 15 is 0 Å². The van der Waals surface area contributed by atoms with Gasteiger partial charge >= 0.3 is 0 Å². The molecule has 0 atom stereocenters. The molecule has 0 aliphatic carbocycles. The molecule has 1 heterocycles. The summed E-state index contributed by atoms with van der Waals surface area (Å²) in [6.45, 7) is 1.03. The molecule has 0 fully saturated rings. The van der Waals surface area contributed by atoms with Crippen LogP contribution in [0.15, 0.2) is 15.9 Å². The van der Waals surface area contributed by atoms with Crippen molar-refractivity contribution in [2.45, 2.75) is 6.42 Å². The van der Waals surface area contributed by atoms with E-state index in [4.69, 9.17) is 5.73 Å². The molecular weight excluding hydrogens is 252 g/mol. The van der Waals surface area contributed by atoms with E-state index in [1.165, 1.54) is 0 Å². The van der Waals surface area contributed by atoms with Gasteiger partial charge in [0.2, 0.25) is 5.91 Å². The van der Waals surface area contributed by atoms with Gasteiger partial charge in [0.15, 0.2) is 0 Å². The number of rotatable bonds is 4. The molecule has 3 nitrogen and oxygen atoms in total. The van der Waals surface area contributed by atoms with Crippen LogP contribution in [0.1, 0.15) is 4.88 Å². The first-order valence-electron chi connectivity index (χ1n) is 3.93. The monoisotopic (exact) mass is 262 g/mol. The molecule has 72 valence electrons. The zero-order chi connectivity index (χ0) is 9.68. The molecular formula is C8H11BrN2OS. The Hall–Kier alpha value is -0.390. The van der Waals surface area contributed by atoms with Crippen molar-refractivity contribution in [1.29, 1.82) is 0 Å². The fourth-order valence-corrected chi connectivity index (χ4v) is 2.36. The number of nitrogens with one attached hydrogen (secondary N) is 1. The van der Waals surface area contributed by atoms with Crippen LogP contribution in [0.25, 0.3) is 0 Å². The topological polar surface area (TPSA) is 55.1 Å². The standard InChI is InChI=1S/C8H11BrN2OS/c9-7-2-1-6(13-7)5-8(12)11-4-3-10/h1-2H,3-5,10H2,(H,11,12). The molecule has 0 aromatic carbocycles. The van der Waals surface area contributed by atoms with E-state index in [1.54, 1.807) is 11.3 Å². The summed E-state index contributed by atoms with van der Waals surface area (Å²) in [7, 11) is 0. The van der Waals surface area contributed by atoms with Crippen LogP contribution in [0.3, 0.4) is 0 Å². The molecule has 1 amide bonds. The molecule has 0 aliphatic rings. The van der Waals surface area contributed by atoms with Crippen LogP contribution in [-0.4, -0.2) is 19.0 Å². The normalized spacial score (nSPS) is 10.0. The number of hydrogen-bond donors (Lipinski definition) is 2. The van der Waals surface area contributed by atoms with E-state index in [0.29, 0.717) is 19.5 Å².